The fourth-order valence-corrected chi connectivity index (χ4v) is 2.68. The highest BCUT2D eigenvalue weighted by atomic mass is 79.9. The van der Waals surface area contributed by atoms with Crippen LogP contribution in [0.2, 0.25) is 5.02 Å². The molecule has 0 bridgehead atoms. The van der Waals surface area contributed by atoms with Crippen LogP contribution in [0.25, 0.3) is 0 Å². The molecule has 0 aromatic heterocycles. The van der Waals surface area contributed by atoms with Crippen molar-refractivity contribution in [1.29, 1.82) is 0 Å². The summed E-state index contributed by atoms with van der Waals surface area (Å²) in [5, 5.41) is 4.02. The van der Waals surface area contributed by atoms with E-state index < -0.39 is 0 Å². The second kappa shape index (κ2) is 7.21. The van der Waals surface area contributed by atoms with Crippen molar-refractivity contribution in [2.24, 2.45) is 0 Å². The summed E-state index contributed by atoms with van der Waals surface area (Å²) in [6.07, 6.45) is 1.63. The first-order chi connectivity index (χ1) is 9.58. The van der Waals surface area contributed by atoms with Crippen LogP contribution in [0.1, 0.15) is 11.1 Å². The van der Waals surface area contributed by atoms with Crippen LogP contribution in [0, 0.1) is 5.82 Å². The molecule has 0 fully saturated rings. The third-order valence-electron chi connectivity index (χ3n) is 3.28. The van der Waals surface area contributed by atoms with Gasteiger partial charge in [0.2, 0.25) is 0 Å². The summed E-state index contributed by atoms with van der Waals surface area (Å²) in [6.45, 7) is 0. The molecular weight excluding hydrogens is 341 g/mol. The fraction of sp³-hybridized carbons (Fsp3) is 0.250. The van der Waals surface area contributed by atoms with Gasteiger partial charge in [-0.05, 0) is 61.3 Å². The number of likely N-dealkylation sites (N-methyl/N-ethyl adjacent to an activating group) is 1. The van der Waals surface area contributed by atoms with E-state index in [9.17, 15) is 4.39 Å². The molecule has 2 rings (SSSR count). The van der Waals surface area contributed by atoms with Gasteiger partial charge >= 0.3 is 0 Å². The van der Waals surface area contributed by atoms with Gasteiger partial charge in [-0.2, -0.15) is 0 Å². The van der Waals surface area contributed by atoms with Crippen LogP contribution in [0.15, 0.2) is 46.9 Å². The molecule has 0 aliphatic carbocycles. The van der Waals surface area contributed by atoms with Gasteiger partial charge in [-0.1, -0.05) is 39.7 Å². The highest BCUT2D eigenvalue weighted by Gasteiger charge is 2.11. The van der Waals surface area contributed by atoms with E-state index in [0.29, 0.717) is 0 Å². The Hall–Kier alpha value is -0.900. The molecule has 0 heterocycles. The minimum Gasteiger partial charge on any atom is -0.316 e. The molecule has 0 saturated heterocycles. The van der Waals surface area contributed by atoms with Gasteiger partial charge in [-0.25, -0.2) is 4.39 Å². The van der Waals surface area contributed by atoms with Gasteiger partial charge < -0.3 is 5.32 Å². The number of benzene rings is 2. The van der Waals surface area contributed by atoms with Crippen molar-refractivity contribution in [3.8, 4) is 0 Å². The lowest BCUT2D eigenvalue weighted by atomic mass is 9.99. The Balaban J connectivity index is 2.08. The SMILES string of the molecule is CNC(Cc1ccc(Cl)cc1)Cc1cc(F)ccc1Br. The molecule has 1 atom stereocenters. The van der Waals surface area contributed by atoms with E-state index in [4.69, 9.17) is 11.6 Å². The van der Waals surface area contributed by atoms with Crippen LogP contribution in [-0.4, -0.2) is 13.1 Å². The Morgan fingerprint density at radius 3 is 2.50 bits per heavy atom. The Morgan fingerprint density at radius 2 is 1.85 bits per heavy atom. The molecule has 106 valence electrons. The average Bonchev–Trinajstić information content (AvgIpc) is 2.44. The molecule has 1 N–H and O–H groups in total. The average molecular weight is 357 g/mol. The van der Waals surface area contributed by atoms with Crippen molar-refractivity contribution in [3.63, 3.8) is 0 Å². The first-order valence-corrected chi connectivity index (χ1v) is 7.61. The largest absolute Gasteiger partial charge is 0.316 e. The van der Waals surface area contributed by atoms with Crippen LogP contribution in [0.5, 0.6) is 0 Å². The summed E-state index contributed by atoms with van der Waals surface area (Å²) in [6, 6.07) is 12.9. The summed E-state index contributed by atoms with van der Waals surface area (Å²) in [5.41, 5.74) is 2.18. The zero-order valence-electron chi connectivity index (χ0n) is 11.2. The second-order valence-corrected chi connectivity index (χ2v) is 6.05. The summed E-state index contributed by atoms with van der Waals surface area (Å²) in [4.78, 5) is 0. The minimum absolute atomic E-state index is 0.204. The van der Waals surface area contributed by atoms with E-state index >= 15 is 0 Å². The van der Waals surface area contributed by atoms with Gasteiger partial charge in [0.05, 0.1) is 0 Å². The van der Waals surface area contributed by atoms with Crippen molar-refractivity contribution >= 4 is 27.5 Å². The number of nitrogens with one attached hydrogen (secondary N) is 1. The maximum Gasteiger partial charge on any atom is 0.123 e. The zero-order chi connectivity index (χ0) is 14.5. The van der Waals surface area contributed by atoms with E-state index in [1.165, 1.54) is 11.6 Å². The molecule has 1 nitrogen and oxygen atoms in total. The number of halogens is 3. The van der Waals surface area contributed by atoms with Crippen molar-refractivity contribution in [1.82, 2.24) is 5.32 Å². The van der Waals surface area contributed by atoms with E-state index in [1.54, 1.807) is 12.1 Å². The van der Waals surface area contributed by atoms with Crippen molar-refractivity contribution in [3.05, 3.63) is 68.9 Å². The monoisotopic (exact) mass is 355 g/mol. The molecule has 0 saturated carbocycles. The van der Waals surface area contributed by atoms with E-state index in [2.05, 4.69) is 21.2 Å². The molecular formula is C16H16BrClFN. The topological polar surface area (TPSA) is 12.0 Å². The highest BCUT2D eigenvalue weighted by Crippen LogP contribution is 2.20. The predicted molar refractivity (Wildman–Crippen MR) is 85.8 cm³/mol. The number of rotatable bonds is 5. The van der Waals surface area contributed by atoms with Gasteiger partial charge in [0.15, 0.2) is 0 Å². The lowest BCUT2D eigenvalue weighted by Crippen LogP contribution is -2.30. The van der Waals surface area contributed by atoms with Gasteiger partial charge in [0, 0.05) is 15.5 Å². The normalized spacial score (nSPS) is 12.4. The Morgan fingerprint density at radius 1 is 1.15 bits per heavy atom. The summed E-state index contributed by atoms with van der Waals surface area (Å²) in [7, 11) is 1.92. The molecule has 0 radical (unpaired) electrons. The number of hydrogen-bond acceptors (Lipinski definition) is 1. The smallest absolute Gasteiger partial charge is 0.123 e. The van der Waals surface area contributed by atoms with E-state index in [-0.39, 0.29) is 11.9 Å². The third kappa shape index (κ3) is 4.30. The minimum atomic E-state index is -0.204. The van der Waals surface area contributed by atoms with Gasteiger partial charge in [0.1, 0.15) is 5.82 Å². The van der Waals surface area contributed by atoms with Crippen molar-refractivity contribution in [2.75, 3.05) is 7.05 Å². The van der Waals surface area contributed by atoms with Crippen molar-refractivity contribution < 1.29 is 4.39 Å². The van der Waals surface area contributed by atoms with Gasteiger partial charge in [0.25, 0.3) is 0 Å². The van der Waals surface area contributed by atoms with Crippen LogP contribution < -0.4 is 5.32 Å². The molecule has 0 amide bonds. The van der Waals surface area contributed by atoms with Gasteiger partial charge in [-0.3, -0.25) is 0 Å². The summed E-state index contributed by atoms with van der Waals surface area (Å²) in [5.74, 6) is -0.204. The third-order valence-corrected chi connectivity index (χ3v) is 4.30. The molecule has 0 spiro atoms. The van der Waals surface area contributed by atoms with Crippen LogP contribution >= 0.6 is 27.5 Å². The first-order valence-electron chi connectivity index (χ1n) is 6.44. The molecule has 0 aliphatic rings. The quantitative estimate of drug-likeness (QED) is 0.824. The Bertz CT molecular complexity index is 571. The van der Waals surface area contributed by atoms with Gasteiger partial charge in [-0.15, -0.1) is 0 Å². The standard InChI is InChI=1S/C16H16BrClFN/c1-20-15(8-11-2-4-13(18)5-3-11)10-12-9-14(19)6-7-16(12)17/h2-7,9,15,20H,8,10H2,1H3. The fourth-order valence-electron chi connectivity index (χ4n) is 2.15. The maximum atomic E-state index is 13.3. The first kappa shape index (κ1) is 15.5. The van der Waals surface area contributed by atoms with Crippen molar-refractivity contribution in [2.45, 2.75) is 18.9 Å². The lowest BCUT2D eigenvalue weighted by Gasteiger charge is -2.17. The van der Waals surface area contributed by atoms with Crippen LogP contribution in [-0.2, 0) is 12.8 Å². The summed E-state index contributed by atoms with van der Waals surface area (Å²) >= 11 is 9.36. The molecule has 1 unspecified atom stereocenters. The van der Waals surface area contributed by atoms with Crippen LogP contribution in [0.4, 0.5) is 4.39 Å². The Labute approximate surface area is 132 Å². The van der Waals surface area contributed by atoms with E-state index in [1.807, 2.05) is 31.3 Å². The Kier molecular flexibility index (Phi) is 5.58. The number of hydrogen-bond donors (Lipinski definition) is 1. The molecule has 2 aromatic carbocycles. The predicted octanol–water partition coefficient (Wildman–Crippen LogP) is 4.61. The van der Waals surface area contributed by atoms with E-state index in [0.717, 1.165) is 27.9 Å². The maximum absolute atomic E-state index is 13.3. The summed E-state index contributed by atoms with van der Waals surface area (Å²) < 4.78 is 14.3. The lowest BCUT2D eigenvalue weighted by molar-refractivity contribution is 0.552. The second-order valence-electron chi connectivity index (χ2n) is 4.76. The zero-order valence-corrected chi connectivity index (χ0v) is 13.5. The molecule has 20 heavy (non-hydrogen) atoms. The molecule has 4 heteroatoms. The highest BCUT2D eigenvalue weighted by molar-refractivity contribution is 9.10. The van der Waals surface area contributed by atoms with Crippen LogP contribution in [0.3, 0.4) is 0 Å². The molecule has 0 aliphatic heterocycles. The molecule has 2 aromatic rings.